The highest BCUT2D eigenvalue weighted by molar-refractivity contribution is 5.28. The van der Waals surface area contributed by atoms with Gasteiger partial charge in [-0.15, -0.1) is 0 Å². The second kappa shape index (κ2) is 8.12. The summed E-state index contributed by atoms with van der Waals surface area (Å²) in [6, 6.07) is 21.6. The molecule has 24 heavy (non-hydrogen) atoms. The first-order valence-corrected chi connectivity index (χ1v) is 8.94. The van der Waals surface area contributed by atoms with Crippen LogP contribution in [0, 0.1) is 5.92 Å². The molecule has 0 aromatic heterocycles. The average Bonchev–Trinajstić information content (AvgIpc) is 2.63. The number of allylic oxidation sites excluding steroid dienone is 3. The van der Waals surface area contributed by atoms with E-state index in [1.165, 1.54) is 16.7 Å². The van der Waals surface area contributed by atoms with Crippen LogP contribution in [0.1, 0.15) is 36.8 Å². The molecular weight excluding hydrogens is 290 g/mol. The molecule has 1 heteroatoms. The lowest BCUT2D eigenvalue weighted by atomic mass is 9.80. The Balaban J connectivity index is 1.81. The Morgan fingerprint density at radius 2 is 1.62 bits per heavy atom. The highest BCUT2D eigenvalue weighted by Gasteiger charge is 2.23. The van der Waals surface area contributed by atoms with Gasteiger partial charge in [0.2, 0.25) is 0 Å². The van der Waals surface area contributed by atoms with Gasteiger partial charge in [-0.05, 0) is 36.3 Å². The molecule has 0 aliphatic heterocycles. The topological polar surface area (TPSA) is 26.0 Å². The van der Waals surface area contributed by atoms with E-state index in [0.29, 0.717) is 11.8 Å². The van der Waals surface area contributed by atoms with Gasteiger partial charge in [-0.25, -0.2) is 0 Å². The highest BCUT2D eigenvalue weighted by atomic mass is 14.7. The highest BCUT2D eigenvalue weighted by Crippen LogP contribution is 2.30. The largest absolute Gasteiger partial charge is 0.327 e. The molecule has 0 spiro atoms. The van der Waals surface area contributed by atoms with E-state index >= 15 is 0 Å². The normalized spacial score (nSPS) is 19.6. The Kier molecular flexibility index (Phi) is 5.66. The second-order valence-corrected chi connectivity index (χ2v) is 6.88. The lowest BCUT2D eigenvalue weighted by Gasteiger charge is -2.28. The molecule has 0 bridgehead atoms. The molecule has 3 unspecified atom stereocenters. The molecule has 0 amide bonds. The van der Waals surface area contributed by atoms with E-state index in [4.69, 9.17) is 5.73 Å². The van der Waals surface area contributed by atoms with E-state index in [9.17, 15) is 0 Å². The summed E-state index contributed by atoms with van der Waals surface area (Å²) in [6.45, 7) is 2.30. The number of nitrogens with two attached hydrogens (primary N) is 1. The minimum Gasteiger partial charge on any atom is -0.327 e. The van der Waals surface area contributed by atoms with Crippen molar-refractivity contribution in [3.63, 3.8) is 0 Å². The molecule has 0 heterocycles. The SMILES string of the molecule is CC1CC=CC=C1CC(N)C(Cc1ccccc1)c1ccccc1. The summed E-state index contributed by atoms with van der Waals surface area (Å²) < 4.78 is 0. The molecule has 3 atom stereocenters. The zero-order valence-electron chi connectivity index (χ0n) is 14.4. The first-order valence-electron chi connectivity index (χ1n) is 8.94. The second-order valence-electron chi connectivity index (χ2n) is 6.88. The Hall–Kier alpha value is -2.12. The molecule has 2 N–H and O–H groups in total. The van der Waals surface area contributed by atoms with Crippen LogP contribution in [-0.2, 0) is 6.42 Å². The van der Waals surface area contributed by atoms with Crippen molar-refractivity contribution in [2.45, 2.75) is 38.1 Å². The quantitative estimate of drug-likeness (QED) is 0.773. The Morgan fingerprint density at radius 3 is 2.29 bits per heavy atom. The zero-order valence-corrected chi connectivity index (χ0v) is 14.4. The predicted octanol–water partition coefficient (Wildman–Crippen LogP) is 5.25. The van der Waals surface area contributed by atoms with Gasteiger partial charge < -0.3 is 5.73 Å². The fourth-order valence-corrected chi connectivity index (χ4v) is 3.56. The van der Waals surface area contributed by atoms with Crippen molar-refractivity contribution in [3.05, 3.63) is 95.6 Å². The standard InChI is InChI=1S/C23H27N/c1-18-10-8-9-15-21(18)17-23(24)22(20-13-6-3-7-14-20)16-19-11-4-2-5-12-19/h2-9,11-15,18,22-23H,10,16-17,24H2,1H3. The Morgan fingerprint density at radius 1 is 0.958 bits per heavy atom. The van der Waals surface area contributed by atoms with Gasteiger partial charge in [0.05, 0.1) is 0 Å². The first-order chi connectivity index (χ1) is 11.7. The molecule has 0 radical (unpaired) electrons. The summed E-state index contributed by atoms with van der Waals surface area (Å²) in [5, 5.41) is 0. The number of rotatable bonds is 6. The van der Waals surface area contributed by atoms with E-state index in [2.05, 4.69) is 85.8 Å². The number of hydrogen-bond acceptors (Lipinski definition) is 1. The van der Waals surface area contributed by atoms with Crippen molar-refractivity contribution in [2.75, 3.05) is 0 Å². The maximum Gasteiger partial charge on any atom is 0.0149 e. The van der Waals surface area contributed by atoms with Gasteiger partial charge in [-0.2, -0.15) is 0 Å². The Bertz CT molecular complexity index is 684. The van der Waals surface area contributed by atoms with Gasteiger partial charge >= 0.3 is 0 Å². The van der Waals surface area contributed by atoms with E-state index in [-0.39, 0.29) is 6.04 Å². The predicted molar refractivity (Wildman–Crippen MR) is 103 cm³/mol. The van der Waals surface area contributed by atoms with Gasteiger partial charge in [-0.1, -0.05) is 91.4 Å². The zero-order chi connectivity index (χ0) is 16.8. The first kappa shape index (κ1) is 16.7. The third kappa shape index (κ3) is 4.24. The summed E-state index contributed by atoms with van der Waals surface area (Å²) in [6.07, 6.45) is 9.78. The van der Waals surface area contributed by atoms with Gasteiger partial charge in [-0.3, -0.25) is 0 Å². The summed E-state index contributed by atoms with van der Waals surface area (Å²) in [5.41, 5.74) is 10.9. The molecule has 0 fully saturated rings. The minimum atomic E-state index is 0.132. The lowest BCUT2D eigenvalue weighted by Crippen LogP contribution is -2.31. The van der Waals surface area contributed by atoms with Crippen LogP contribution in [0.5, 0.6) is 0 Å². The van der Waals surface area contributed by atoms with E-state index in [1.54, 1.807) is 0 Å². The van der Waals surface area contributed by atoms with Crippen LogP contribution in [-0.4, -0.2) is 6.04 Å². The fraction of sp³-hybridized carbons (Fsp3) is 0.304. The third-order valence-corrected chi connectivity index (χ3v) is 5.08. The van der Waals surface area contributed by atoms with Crippen LogP contribution in [0.15, 0.2) is 84.5 Å². The van der Waals surface area contributed by atoms with Crippen molar-refractivity contribution in [2.24, 2.45) is 11.7 Å². The van der Waals surface area contributed by atoms with Crippen molar-refractivity contribution in [3.8, 4) is 0 Å². The smallest absolute Gasteiger partial charge is 0.0149 e. The van der Waals surface area contributed by atoms with Crippen LogP contribution in [0.3, 0.4) is 0 Å². The van der Waals surface area contributed by atoms with Gasteiger partial charge in [0.25, 0.3) is 0 Å². The van der Waals surface area contributed by atoms with Crippen LogP contribution in [0.4, 0.5) is 0 Å². The van der Waals surface area contributed by atoms with Crippen LogP contribution >= 0.6 is 0 Å². The molecular formula is C23H27N. The third-order valence-electron chi connectivity index (χ3n) is 5.08. The summed E-state index contributed by atoms with van der Waals surface area (Å²) >= 11 is 0. The molecule has 1 nitrogen and oxygen atoms in total. The minimum absolute atomic E-state index is 0.132. The maximum absolute atomic E-state index is 6.73. The lowest BCUT2D eigenvalue weighted by molar-refractivity contribution is 0.497. The van der Waals surface area contributed by atoms with Crippen molar-refractivity contribution < 1.29 is 0 Å². The van der Waals surface area contributed by atoms with E-state index in [1.807, 2.05) is 0 Å². The summed E-state index contributed by atoms with van der Waals surface area (Å²) in [4.78, 5) is 0. The van der Waals surface area contributed by atoms with Crippen molar-refractivity contribution in [1.82, 2.24) is 0 Å². The summed E-state index contributed by atoms with van der Waals surface area (Å²) in [5.74, 6) is 0.946. The molecule has 1 aliphatic carbocycles. The van der Waals surface area contributed by atoms with E-state index in [0.717, 1.165) is 19.3 Å². The van der Waals surface area contributed by atoms with E-state index < -0.39 is 0 Å². The fourth-order valence-electron chi connectivity index (χ4n) is 3.56. The van der Waals surface area contributed by atoms with Gasteiger partial charge in [0.15, 0.2) is 0 Å². The number of benzene rings is 2. The van der Waals surface area contributed by atoms with Crippen LogP contribution < -0.4 is 5.73 Å². The van der Waals surface area contributed by atoms with Gasteiger partial charge in [0, 0.05) is 12.0 Å². The molecule has 0 saturated carbocycles. The molecule has 0 saturated heterocycles. The van der Waals surface area contributed by atoms with Gasteiger partial charge in [0.1, 0.15) is 0 Å². The average molecular weight is 317 g/mol. The maximum atomic E-state index is 6.73. The summed E-state index contributed by atoms with van der Waals surface area (Å²) in [7, 11) is 0. The molecule has 1 aliphatic rings. The van der Waals surface area contributed by atoms with Crippen molar-refractivity contribution >= 4 is 0 Å². The Labute approximate surface area is 145 Å². The number of hydrogen-bond donors (Lipinski definition) is 1. The molecule has 2 aromatic carbocycles. The molecule has 124 valence electrons. The molecule has 3 rings (SSSR count). The van der Waals surface area contributed by atoms with Crippen molar-refractivity contribution in [1.29, 1.82) is 0 Å². The van der Waals surface area contributed by atoms with Crippen LogP contribution in [0.25, 0.3) is 0 Å². The monoisotopic (exact) mass is 317 g/mol. The molecule has 2 aromatic rings. The van der Waals surface area contributed by atoms with Crippen LogP contribution in [0.2, 0.25) is 0 Å².